The number of hydrogen-bond donors (Lipinski definition) is 2. The van der Waals surface area contributed by atoms with Crippen molar-refractivity contribution in [1.82, 2.24) is 10.9 Å². The van der Waals surface area contributed by atoms with Crippen molar-refractivity contribution in [3.63, 3.8) is 0 Å². The van der Waals surface area contributed by atoms with E-state index in [1.165, 1.54) is 26.6 Å². The molecule has 0 aliphatic heterocycles. The topological polar surface area (TPSA) is 136 Å². The number of nitrogens with one attached hydrogen (secondary N) is 2. The molecule has 10 heteroatoms. The summed E-state index contributed by atoms with van der Waals surface area (Å²) < 4.78 is 10.7. The number of methoxy groups -OCH3 is 2. The molecule has 42 heavy (non-hydrogen) atoms. The van der Waals surface area contributed by atoms with E-state index in [0.29, 0.717) is 44.9 Å². The number of ether oxygens (including phenoxy) is 2. The first-order valence-electron chi connectivity index (χ1n) is 12.6. The van der Waals surface area contributed by atoms with Gasteiger partial charge in [-0.2, -0.15) is 10.2 Å². The molecule has 10 nitrogen and oxygen atoms in total. The highest BCUT2D eigenvalue weighted by molar-refractivity contribution is 6.35. The van der Waals surface area contributed by atoms with Crippen molar-refractivity contribution in [2.45, 2.75) is 0 Å². The minimum absolute atomic E-state index is 0.198. The third-order valence-electron chi connectivity index (χ3n) is 5.98. The molecule has 4 aromatic rings. The first kappa shape index (κ1) is 29.1. The van der Waals surface area contributed by atoms with E-state index in [9.17, 15) is 19.2 Å². The summed E-state index contributed by atoms with van der Waals surface area (Å²) in [7, 11) is 2.89. The first-order chi connectivity index (χ1) is 20.4. The van der Waals surface area contributed by atoms with Gasteiger partial charge in [0.1, 0.15) is 11.5 Å². The molecule has 0 atom stereocenters. The first-order valence-corrected chi connectivity index (χ1v) is 12.6. The van der Waals surface area contributed by atoms with Crippen molar-refractivity contribution in [2.75, 3.05) is 14.2 Å². The Labute approximate surface area is 241 Å². The number of carbonyl (C=O) groups excluding carboxylic acids is 4. The Kier molecular flexibility index (Phi) is 9.66. The van der Waals surface area contributed by atoms with Gasteiger partial charge in [0.05, 0.1) is 37.8 Å². The minimum Gasteiger partial charge on any atom is -0.496 e. The fourth-order valence-electron chi connectivity index (χ4n) is 3.87. The van der Waals surface area contributed by atoms with Gasteiger partial charge in [-0.1, -0.05) is 72.8 Å². The molecule has 4 rings (SSSR count). The van der Waals surface area contributed by atoms with Crippen LogP contribution in [0.1, 0.15) is 43.0 Å². The molecule has 0 radical (unpaired) electrons. The van der Waals surface area contributed by atoms with Crippen LogP contribution >= 0.6 is 0 Å². The van der Waals surface area contributed by atoms with Gasteiger partial charge in [-0.3, -0.25) is 19.2 Å². The lowest BCUT2D eigenvalue weighted by Gasteiger charge is -2.09. The van der Waals surface area contributed by atoms with E-state index in [1.807, 2.05) is 12.1 Å². The highest BCUT2D eigenvalue weighted by Crippen LogP contribution is 2.24. The number of ketones is 2. The van der Waals surface area contributed by atoms with E-state index in [1.54, 1.807) is 84.9 Å². The van der Waals surface area contributed by atoms with E-state index in [4.69, 9.17) is 9.47 Å². The maximum atomic E-state index is 12.8. The maximum absolute atomic E-state index is 12.8. The second-order valence-electron chi connectivity index (χ2n) is 8.71. The van der Waals surface area contributed by atoms with Gasteiger partial charge >= 0.3 is 11.8 Å². The number of carbonyl (C=O) groups is 4. The molecule has 0 fully saturated rings. The molecule has 0 saturated carbocycles. The number of rotatable bonds is 10. The average molecular weight is 563 g/mol. The molecule has 0 bridgehead atoms. The van der Waals surface area contributed by atoms with E-state index < -0.39 is 11.8 Å². The predicted octanol–water partition coefficient (Wildman–Crippen LogP) is 3.77. The quantitative estimate of drug-likeness (QED) is 0.131. The summed E-state index contributed by atoms with van der Waals surface area (Å²) in [6.45, 7) is 0. The number of hydrogen-bond acceptors (Lipinski definition) is 8. The summed E-state index contributed by atoms with van der Waals surface area (Å²) in [5.74, 6) is -1.83. The standard InChI is InChI=1S/C32H26N4O6/c1-41-27-17-21(13-15-25(27)29(37)23-9-5-3-6-10-23)19-33-35-31(39)32(40)36-34-20-22-14-16-26(28(18-22)42-2)30(38)24-11-7-4-8-12-24/h3-20H,1-2H3,(H,35,39)(H,36,40). The van der Waals surface area contributed by atoms with Gasteiger partial charge in [0.25, 0.3) is 0 Å². The van der Waals surface area contributed by atoms with Crippen molar-refractivity contribution in [2.24, 2.45) is 10.2 Å². The number of benzene rings is 4. The second-order valence-corrected chi connectivity index (χ2v) is 8.71. The van der Waals surface area contributed by atoms with Gasteiger partial charge in [0.15, 0.2) is 11.6 Å². The molecule has 2 amide bonds. The lowest BCUT2D eigenvalue weighted by atomic mass is 10.0. The predicted molar refractivity (Wildman–Crippen MR) is 157 cm³/mol. The van der Waals surface area contributed by atoms with E-state index in [2.05, 4.69) is 21.1 Å². The van der Waals surface area contributed by atoms with Gasteiger partial charge < -0.3 is 9.47 Å². The van der Waals surface area contributed by atoms with Crippen LogP contribution in [-0.4, -0.2) is 50.0 Å². The summed E-state index contributed by atoms with van der Waals surface area (Å²) in [6, 6.07) is 27.2. The van der Waals surface area contributed by atoms with Crippen LogP contribution < -0.4 is 20.3 Å². The molecule has 0 spiro atoms. The molecule has 0 aliphatic rings. The monoisotopic (exact) mass is 562 g/mol. The van der Waals surface area contributed by atoms with Gasteiger partial charge in [0.2, 0.25) is 0 Å². The van der Waals surface area contributed by atoms with Crippen LogP contribution in [0.15, 0.2) is 107 Å². The van der Waals surface area contributed by atoms with Crippen molar-refractivity contribution in [3.05, 3.63) is 130 Å². The summed E-state index contributed by atoms with van der Waals surface area (Å²) in [5.41, 5.74) is 7.07. The molecule has 0 saturated heterocycles. The Morgan fingerprint density at radius 2 is 0.952 bits per heavy atom. The van der Waals surface area contributed by atoms with E-state index >= 15 is 0 Å². The van der Waals surface area contributed by atoms with Crippen LogP contribution in [0.3, 0.4) is 0 Å². The fraction of sp³-hybridized carbons (Fsp3) is 0.0625. The lowest BCUT2D eigenvalue weighted by molar-refractivity contribution is -0.139. The second kappa shape index (κ2) is 13.9. The molecular weight excluding hydrogens is 536 g/mol. The molecule has 0 unspecified atom stereocenters. The van der Waals surface area contributed by atoms with E-state index in [0.717, 1.165) is 0 Å². The zero-order chi connectivity index (χ0) is 29.9. The number of nitrogens with zero attached hydrogens (tertiary/aromatic N) is 2. The van der Waals surface area contributed by atoms with Crippen LogP contribution in [0.2, 0.25) is 0 Å². The SMILES string of the molecule is COc1cc(C=NNC(=O)C(=O)NN=Cc2ccc(C(=O)c3ccccc3)c(OC)c2)ccc1C(=O)c1ccccc1. The number of hydrazone groups is 2. The largest absolute Gasteiger partial charge is 0.496 e. The van der Waals surface area contributed by atoms with Gasteiger partial charge in [-0.25, -0.2) is 10.9 Å². The van der Waals surface area contributed by atoms with Gasteiger partial charge in [-0.05, 0) is 35.4 Å². The lowest BCUT2D eigenvalue weighted by Crippen LogP contribution is -2.35. The Bertz CT molecular complexity index is 1540. The highest BCUT2D eigenvalue weighted by atomic mass is 16.5. The van der Waals surface area contributed by atoms with Gasteiger partial charge in [-0.15, -0.1) is 0 Å². The van der Waals surface area contributed by atoms with Crippen LogP contribution in [0, 0.1) is 0 Å². The summed E-state index contributed by atoms with van der Waals surface area (Å²) in [6.07, 6.45) is 2.61. The van der Waals surface area contributed by atoms with E-state index in [-0.39, 0.29) is 11.6 Å². The zero-order valence-corrected chi connectivity index (χ0v) is 22.7. The zero-order valence-electron chi connectivity index (χ0n) is 22.7. The van der Waals surface area contributed by atoms with Crippen LogP contribution in [-0.2, 0) is 9.59 Å². The van der Waals surface area contributed by atoms with Crippen molar-refractivity contribution in [1.29, 1.82) is 0 Å². The molecular formula is C32H26N4O6. The Hall–Kier alpha value is -5.90. The van der Waals surface area contributed by atoms with Crippen LogP contribution in [0.5, 0.6) is 11.5 Å². The van der Waals surface area contributed by atoms with Crippen molar-refractivity contribution in [3.8, 4) is 11.5 Å². The normalized spacial score (nSPS) is 10.8. The third-order valence-corrected chi connectivity index (χ3v) is 5.98. The average Bonchev–Trinajstić information content (AvgIpc) is 3.04. The molecule has 4 aromatic carbocycles. The maximum Gasteiger partial charge on any atom is 0.331 e. The van der Waals surface area contributed by atoms with Crippen LogP contribution in [0.25, 0.3) is 0 Å². The third kappa shape index (κ3) is 7.19. The molecule has 0 aromatic heterocycles. The fourth-order valence-corrected chi connectivity index (χ4v) is 3.87. The minimum atomic E-state index is -1.05. The Morgan fingerprint density at radius 3 is 1.31 bits per heavy atom. The molecule has 210 valence electrons. The summed E-state index contributed by atoms with van der Waals surface area (Å²) in [5, 5.41) is 7.57. The van der Waals surface area contributed by atoms with Crippen molar-refractivity contribution < 1.29 is 28.7 Å². The molecule has 0 aliphatic carbocycles. The number of amides is 2. The summed E-state index contributed by atoms with van der Waals surface area (Å²) in [4.78, 5) is 49.8. The Morgan fingerprint density at radius 1 is 0.571 bits per heavy atom. The Balaban J connectivity index is 1.33. The summed E-state index contributed by atoms with van der Waals surface area (Å²) >= 11 is 0. The van der Waals surface area contributed by atoms with Crippen molar-refractivity contribution >= 4 is 35.8 Å². The molecule has 2 N–H and O–H groups in total. The van der Waals surface area contributed by atoms with Crippen LogP contribution in [0.4, 0.5) is 0 Å². The smallest absolute Gasteiger partial charge is 0.331 e. The molecule has 0 heterocycles. The van der Waals surface area contributed by atoms with Gasteiger partial charge in [0, 0.05) is 11.1 Å². The highest BCUT2D eigenvalue weighted by Gasteiger charge is 2.16.